The maximum atomic E-state index is 12.8. The molecule has 0 aromatic heterocycles. The summed E-state index contributed by atoms with van der Waals surface area (Å²) in [5, 5.41) is 2.60. The van der Waals surface area contributed by atoms with Crippen LogP contribution in [0.2, 0.25) is 5.02 Å². The van der Waals surface area contributed by atoms with Gasteiger partial charge in [0.15, 0.2) is 6.61 Å². The van der Waals surface area contributed by atoms with Crippen molar-refractivity contribution < 1.29 is 22.7 Å². The van der Waals surface area contributed by atoms with Gasteiger partial charge in [-0.3, -0.25) is 9.59 Å². The van der Waals surface area contributed by atoms with Crippen molar-refractivity contribution >= 4 is 39.1 Å². The Morgan fingerprint density at radius 2 is 1.93 bits per heavy atom. The lowest BCUT2D eigenvalue weighted by atomic mass is 10.1. The van der Waals surface area contributed by atoms with Crippen LogP contribution >= 0.6 is 11.6 Å². The molecule has 146 valence electrons. The van der Waals surface area contributed by atoms with Crippen LogP contribution in [0.3, 0.4) is 0 Å². The molecule has 8 nitrogen and oxygen atoms in total. The SMILES string of the molecule is O=C1COc2cc(S(=O)(=O)NC3CCN(C(=O)C4CC4)CC3)c(Cl)cc2N1. The number of nitrogens with one attached hydrogen (secondary N) is 2. The van der Waals surface area contributed by atoms with E-state index in [-0.39, 0.29) is 46.0 Å². The summed E-state index contributed by atoms with van der Waals surface area (Å²) in [7, 11) is -3.86. The molecule has 0 radical (unpaired) electrons. The summed E-state index contributed by atoms with van der Waals surface area (Å²) in [5.74, 6) is 0.310. The minimum absolute atomic E-state index is 0.00778. The molecule has 1 aliphatic carbocycles. The zero-order valence-electron chi connectivity index (χ0n) is 14.5. The summed E-state index contributed by atoms with van der Waals surface area (Å²) < 4.78 is 33.5. The number of fused-ring (bicyclic) bond motifs is 1. The summed E-state index contributed by atoms with van der Waals surface area (Å²) in [6, 6.07) is 2.44. The van der Waals surface area contributed by atoms with E-state index in [0.29, 0.717) is 31.6 Å². The summed E-state index contributed by atoms with van der Waals surface area (Å²) in [6.45, 7) is 0.931. The Kier molecular flexibility index (Phi) is 4.77. The number of carbonyl (C=O) groups excluding carboxylic acids is 2. The van der Waals surface area contributed by atoms with Gasteiger partial charge in [-0.2, -0.15) is 0 Å². The number of benzene rings is 1. The van der Waals surface area contributed by atoms with Crippen LogP contribution in [0.5, 0.6) is 5.75 Å². The second-order valence-electron chi connectivity index (χ2n) is 7.11. The van der Waals surface area contributed by atoms with Crippen LogP contribution in [0.15, 0.2) is 17.0 Å². The number of hydrogen-bond acceptors (Lipinski definition) is 5. The Hall–Kier alpha value is -1.84. The van der Waals surface area contributed by atoms with Crippen molar-refractivity contribution in [2.45, 2.75) is 36.6 Å². The second-order valence-corrected chi connectivity index (χ2v) is 9.20. The number of nitrogens with zero attached hydrogens (tertiary/aromatic N) is 1. The molecule has 0 unspecified atom stereocenters. The van der Waals surface area contributed by atoms with E-state index in [0.717, 1.165) is 12.8 Å². The Labute approximate surface area is 162 Å². The predicted octanol–water partition coefficient (Wildman–Crippen LogP) is 1.35. The maximum absolute atomic E-state index is 12.8. The standard InChI is InChI=1S/C17H20ClN3O5S/c18-12-7-13-14(26-9-16(22)19-13)8-15(12)27(24,25)20-11-3-5-21(6-4-11)17(23)10-1-2-10/h7-8,10-11,20H,1-6,9H2,(H,19,22). The number of hydrogen-bond donors (Lipinski definition) is 2. The molecule has 0 bridgehead atoms. The number of halogens is 1. The molecule has 1 aromatic rings. The van der Waals surface area contributed by atoms with Crippen molar-refractivity contribution in [1.82, 2.24) is 9.62 Å². The highest BCUT2D eigenvalue weighted by atomic mass is 35.5. The number of amides is 2. The molecular weight excluding hydrogens is 394 g/mol. The lowest BCUT2D eigenvalue weighted by Crippen LogP contribution is -2.47. The van der Waals surface area contributed by atoms with Crippen molar-refractivity contribution in [3.8, 4) is 5.75 Å². The van der Waals surface area contributed by atoms with Gasteiger partial charge in [0.1, 0.15) is 10.6 Å². The molecule has 3 aliphatic rings. The Morgan fingerprint density at radius 1 is 1.22 bits per heavy atom. The predicted molar refractivity (Wildman–Crippen MR) is 98.2 cm³/mol. The summed E-state index contributed by atoms with van der Waals surface area (Å²) in [5.41, 5.74) is 0.349. The van der Waals surface area contributed by atoms with Gasteiger partial charge in [0.25, 0.3) is 5.91 Å². The van der Waals surface area contributed by atoms with Crippen molar-refractivity contribution in [2.75, 3.05) is 25.0 Å². The largest absolute Gasteiger partial charge is 0.482 e. The van der Waals surface area contributed by atoms with Gasteiger partial charge in [-0.05, 0) is 31.7 Å². The third kappa shape index (κ3) is 3.90. The first kappa shape index (κ1) is 18.5. The first-order chi connectivity index (χ1) is 12.8. The highest BCUT2D eigenvalue weighted by molar-refractivity contribution is 7.89. The number of piperidine rings is 1. The molecule has 27 heavy (non-hydrogen) atoms. The summed E-state index contributed by atoms with van der Waals surface area (Å²) >= 11 is 6.14. The van der Waals surface area contributed by atoms with Crippen LogP contribution < -0.4 is 14.8 Å². The van der Waals surface area contributed by atoms with Gasteiger partial charge in [-0.1, -0.05) is 11.6 Å². The Balaban J connectivity index is 1.45. The quantitative estimate of drug-likeness (QED) is 0.775. The number of rotatable bonds is 4. The van der Waals surface area contributed by atoms with E-state index >= 15 is 0 Å². The van der Waals surface area contributed by atoms with Gasteiger partial charge in [-0.15, -0.1) is 0 Å². The third-order valence-electron chi connectivity index (χ3n) is 5.01. The molecule has 1 saturated carbocycles. The fourth-order valence-corrected chi connectivity index (χ4v) is 5.22. The maximum Gasteiger partial charge on any atom is 0.262 e. The van der Waals surface area contributed by atoms with E-state index in [1.165, 1.54) is 12.1 Å². The van der Waals surface area contributed by atoms with E-state index in [1.54, 1.807) is 0 Å². The number of anilines is 1. The smallest absolute Gasteiger partial charge is 0.262 e. The monoisotopic (exact) mass is 413 g/mol. The van der Waals surface area contributed by atoms with E-state index < -0.39 is 10.0 Å². The minimum atomic E-state index is -3.86. The van der Waals surface area contributed by atoms with E-state index in [4.69, 9.17) is 16.3 Å². The molecule has 2 fully saturated rings. The Bertz CT molecular complexity index is 892. The lowest BCUT2D eigenvalue weighted by molar-refractivity contribution is -0.133. The van der Waals surface area contributed by atoms with Crippen LogP contribution in [-0.4, -0.2) is 50.9 Å². The number of carbonyl (C=O) groups is 2. The molecule has 2 heterocycles. The van der Waals surface area contributed by atoms with E-state index in [1.807, 2.05) is 4.90 Å². The molecular formula is C17H20ClN3O5S. The molecule has 2 N–H and O–H groups in total. The molecule has 0 spiro atoms. The minimum Gasteiger partial charge on any atom is -0.482 e. The topological polar surface area (TPSA) is 105 Å². The average Bonchev–Trinajstić information content (AvgIpc) is 3.45. The van der Waals surface area contributed by atoms with Gasteiger partial charge in [0.05, 0.1) is 10.7 Å². The molecule has 1 aromatic carbocycles. The molecule has 2 amide bonds. The van der Waals surface area contributed by atoms with Gasteiger partial charge in [0, 0.05) is 31.1 Å². The molecule has 1 saturated heterocycles. The highest BCUT2D eigenvalue weighted by Gasteiger charge is 2.36. The van der Waals surface area contributed by atoms with Gasteiger partial charge in [-0.25, -0.2) is 13.1 Å². The highest BCUT2D eigenvalue weighted by Crippen LogP contribution is 2.36. The van der Waals surface area contributed by atoms with Crippen LogP contribution in [0.4, 0.5) is 5.69 Å². The zero-order chi connectivity index (χ0) is 19.2. The molecule has 0 atom stereocenters. The van der Waals surface area contributed by atoms with Gasteiger partial charge >= 0.3 is 0 Å². The Morgan fingerprint density at radius 3 is 2.59 bits per heavy atom. The lowest BCUT2D eigenvalue weighted by Gasteiger charge is -2.32. The van der Waals surface area contributed by atoms with Crippen molar-refractivity contribution in [3.05, 3.63) is 17.2 Å². The molecule has 10 heteroatoms. The van der Waals surface area contributed by atoms with Crippen LogP contribution in [0.1, 0.15) is 25.7 Å². The number of likely N-dealkylation sites (tertiary alicyclic amines) is 1. The molecule has 2 aliphatic heterocycles. The summed E-state index contributed by atoms with van der Waals surface area (Å²) in [4.78, 5) is 25.2. The zero-order valence-corrected chi connectivity index (χ0v) is 16.1. The van der Waals surface area contributed by atoms with Crippen LogP contribution in [-0.2, 0) is 19.6 Å². The number of sulfonamides is 1. The van der Waals surface area contributed by atoms with Crippen molar-refractivity contribution in [1.29, 1.82) is 0 Å². The van der Waals surface area contributed by atoms with Gasteiger partial charge < -0.3 is 15.0 Å². The van der Waals surface area contributed by atoms with E-state index in [2.05, 4.69) is 10.0 Å². The van der Waals surface area contributed by atoms with E-state index in [9.17, 15) is 18.0 Å². The molecule has 4 rings (SSSR count). The number of ether oxygens (including phenoxy) is 1. The summed E-state index contributed by atoms with van der Waals surface area (Å²) in [6.07, 6.45) is 3.05. The van der Waals surface area contributed by atoms with Gasteiger partial charge in [0.2, 0.25) is 15.9 Å². The fourth-order valence-electron chi connectivity index (χ4n) is 3.38. The first-order valence-corrected chi connectivity index (χ1v) is 10.8. The van der Waals surface area contributed by atoms with Crippen molar-refractivity contribution in [2.24, 2.45) is 5.92 Å². The average molecular weight is 414 g/mol. The van der Waals surface area contributed by atoms with Crippen molar-refractivity contribution in [3.63, 3.8) is 0 Å². The van der Waals surface area contributed by atoms with Crippen LogP contribution in [0, 0.1) is 5.92 Å². The third-order valence-corrected chi connectivity index (χ3v) is 7.00. The second kappa shape index (κ2) is 6.96. The van der Waals surface area contributed by atoms with Crippen LogP contribution in [0.25, 0.3) is 0 Å². The first-order valence-electron chi connectivity index (χ1n) is 8.91. The normalized spacial score (nSPS) is 20.6. The fraction of sp³-hybridized carbons (Fsp3) is 0.529.